The van der Waals surface area contributed by atoms with E-state index in [9.17, 15) is 13.2 Å². The third kappa shape index (κ3) is 4.40. The van der Waals surface area contributed by atoms with Crippen LogP contribution in [0.3, 0.4) is 0 Å². The van der Waals surface area contributed by atoms with E-state index >= 15 is 0 Å². The van der Waals surface area contributed by atoms with Crippen molar-refractivity contribution >= 4 is 5.69 Å². The van der Waals surface area contributed by atoms with Crippen molar-refractivity contribution in [3.63, 3.8) is 0 Å². The molecule has 0 spiro atoms. The van der Waals surface area contributed by atoms with Crippen molar-refractivity contribution in [2.24, 2.45) is 0 Å². The Kier molecular flexibility index (Phi) is 4.40. The van der Waals surface area contributed by atoms with Crippen LogP contribution >= 0.6 is 0 Å². The van der Waals surface area contributed by atoms with Crippen LogP contribution in [0.1, 0.15) is 18.3 Å². The van der Waals surface area contributed by atoms with Gasteiger partial charge in [0.1, 0.15) is 5.75 Å². The van der Waals surface area contributed by atoms with Crippen LogP contribution in [-0.4, -0.2) is 16.1 Å². The molecule has 1 N–H and O–H groups in total. The van der Waals surface area contributed by atoms with Gasteiger partial charge in [0.05, 0.1) is 17.9 Å². The number of anilines is 1. The second-order valence-corrected chi connectivity index (χ2v) is 4.52. The molecule has 0 aliphatic rings. The van der Waals surface area contributed by atoms with Gasteiger partial charge in [0.25, 0.3) is 0 Å². The lowest BCUT2D eigenvalue weighted by molar-refractivity contribution is -0.274. The molecule has 1 aromatic heterocycles. The van der Waals surface area contributed by atoms with Gasteiger partial charge in [0.15, 0.2) is 0 Å². The van der Waals surface area contributed by atoms with E-state index in [1.165, 1.54) is 18.2 Å². The maximum atomic E-state index is 12.2. The average molecular weight is 299 g/mol. The summed E-state index contributed by atoms with van der Waals surface area (Å²) < 4.78 is 42.2. The van der Waals surface area contributed by atoms with Crippen LogP contribution in [0.4, 0.5) is 18.9 Å². The SMILES string of the molecule is CCn1nc(C)cc1CNc1cccc(OC(F)(F)F)c1. The Morgan fingerprint density at radius 2 is 2.05 bits per heavy atom. The van der Waals surface area contributed by atoms with E-state index in [0.29, 0.717) is 12.2 Å². The number of nitrogens with one attached hydrogen (secondary N) is 1. The Labute approximate surface area is 120 Å². The van der Waals surface area contributed by atoms with Crippen LogP contribution in [0.5, 0.6) is 5.75 Å². The van der Waals surface area contributed by atoms with E-state index < -0.39 is 6.36 Å². The summed E-state index contributed by atoms with van der Waals surface area (Å²) in [6.07, 6.45) is -4.68. The number of halogens is 3. The molecule has 0 radical (unpaired) electrons. The lowest BCUT2D eigenvalue weighted by Crippen LogP contribution is -2.17. The van der Waals surface area contributed by atoms with Crippen molar-refractivity contribution in [3.05, 3.63) is 41.7 Å². The van der Waals surface area contributed by atoms with E-state index in [4.69, 9.17) is 0 Å². The highest BCUT2D eigenvalue weighted by Crippen LogP contribution is 2.25. The van der Waals surface area contributed by atoms with Gasteiger partial charge in [-0.3, -0.25) is 4.68 Å². The van der Waals surface area contributed by atoms with Crippen molar-refractivity contribution in [3.8, 4) is 5.75 Å². The van der Waals surface area contributed by atoms with Gasteiger partial charge >= 0.3 is 6.36 Å². The molecule has 0 saturated carbocycles. The van der Waals surface area contributed by atoms with Crippen LogP contribution in [0.2, 0.25) is 0 Å². The molecule has 1 aromatic carbocycles. The maximum Gasteiger partial charge on any atom is 0.573 e. The number of nitrogens with zero attached hydrogens (tertiary/aromatic N) is 2. The molecule has 2 aromatic rings. The smallest absolute Gasteiger partial charge is 0.406 e. The molecule has 21 heavy (non-hydrogen) atoms. The van der Waals surface area contributed by atoms with Crippen molar-refractivity contribution in [2.75, 3.05) is 5.32 Å². The molecule has 0 bridgehead atoms. The first-order chi connectivity index (χ1) is 9.87. The van der Waals surface area contributed by atoms with Gasteiger partial charge in [-0.25, -0.2) is 0 Å². The Hall–Kier alpha value is -2.18. The molecule has 0 aliphatic heterocycles. The second-order valence-electron chi connectivity index (χ2n) is 4.52. The fourth-order valence-electron chi connectivity index (χ4n) is 2.01. The monoisotopic (exact) mass is 299 g/mol. The number of aryl methyl sites for hydroxylation is 2. The minimum absolute atomic E-state index is 0.243. The zero-order chi connectivity index (χ0) is 15.5. The van der Waals surface area contributed by atoms with Gasteiger partial charge in [-0.05, 0) is 32.0 Å². The summed E-state index contributed by atoms with van der Waals surface area (Å²) in [5.41, 5.74) is 2.43. The first-order valence-corrected chi connectivity index (χ1v) is 6.50. The third-order valence-electron chi connectivity index (χ3n) is 2.83. The van der Waals surface area contributed by atoms with Crippen molar-refractivity contribution < 1.29 is 17.9 Å². The first-order valence-electron chi connectivity index (χ1n) is 6.50. The highest BCUT2D eigenvalue weighted by atomic mass is 19.4. The van der Waals surface area contributed by atoms with Crippen LogP contribution in [0.15, 0.2) is 30.3 Å². The summed E-state index contributed by atoms with van der Waals surface area (Å²) in [6, 6.07) is 7.70. The summed E-state index contributed by atoms with van der Waals surface area (Å²) in [6.45, 7) is 5.09. The number of ether oxygens (including phenoxy) is 1. The Bertz CT molecular complexity index is 608. The predicted octanol–water partition coefficient (Wildman–Crippen LogP) is 3.72. The molecule has 0 unspecified atom stereocenters. The average Bonchev–Trinajstić information content (AvgIpc) is 2.75. The third-order valence-corrected chi connectivity index (χ3v) is 2.83. The number of alkyl halides is 3. The van der Waals surface area contributed by atoms with E-state index in [0.717, 1.165) is 17.9 Å². The summed E-state index contributed by atoms with van der Waals surface area (Å²) in [4.78, 5) is 0. The van der Waals surface area contributed by atoms with Crippen LogP contribution < -0.4 is 10.1 Å². The van der Waals surface area contributed by atoms with Gasteiger partial charge in [0.2, 0.25) is 0 Å². The Morgan fingerprint density at radius 1 is 1.29 bits per heavy atom. The lowest BCUT2D eigenvalue weighted by Gasteiger charge is -2.11. The summed E-state index contributed by atoms with van der Waals surface area (Å²) in [7, 11) is 0. The van der Waals surface area contributed by atoms with Gasteiger partial charge in [0, 0.05) is 18.3 Å². The Balaban J connectivity index is 2.04. The zero-order valence-electron chi connectivity index (χ0n) is 11.7. The molecule has 0 aliphatic carbocycles. The van der Waals surface area contributed by atoms with E-state index in [-0.39, 0.29) is 5.75 Å². The molecule has 4 nitrogen and oxygen atoms in total. The van der Waals surface area contributed by atoms with Crippen LogP contribution in [-0.2, 0) is 13.1 Å². The molecular weight excluding hydrogens is 283 g/mol. The predicted molar refractivity (Wildman–Crippen MR) is 73.1 cm³/mol. The second kappa shape index (κ2) is 6.07. The molecule has 0 saturated heterocycles. The fourth-order valence-corrected chi connectivity index (χ4v) is 2.01. The highest BCUT2D eigenvalue weighted by molar-refractivity contribution is 5.48. The molecule has 2 rings (SSSR count). The largest absolute Gasteiger partial charge is 0.573 e. The summed E-state index contributed by atoms with van der Waals surface area (Å²) in [5.74, 6) is -0.243. The lowest BCUT2D eigenvalue weighted by atomic mass is 10.3. The number of benzene rings is 1. The molecule has 0 fully saturated rings. The minimum Gasteiger partial charge on any atom is -0.406 e. The van der Waals surface area contributed by atoms with Crippen molar-refractivity contribution in [1.82, 2.24) is 9.78 Å². The van der Waals surface area contributed by atoms with E-state index in [1.54, 1.807) is 6.07 Å². The van der Waals surface area contributed by atoms with Gasteiger partial charge < -0.3 is 10.1 Å². The highest BCUT2D eigenvalue weighted by Gasteiger charge is 2.31. The number of rotatable bonds is 5. The standard InChI is InChI=1S/C14H16F3N3O/c1-3-20-12(7-10(2)19-20)9-18-11-5-4-6-13(8-11)21-14(15,16)17/h4-8,18H,3,9H2,1-2H3. The molecule has 0 amide bonds. The molecule has 7 heteroatoms. The van der Waals surface area contributed by atoms with E-state index in [1.807, 2.05) is 24.6 Å². The van der Waals surface area contributed by atoms with Gasteiger partial charge in [-0.1, -0.05) is 6.07 Å². The van der Waals surface area contributed by atoms with Crippen molar-refractivity contribution in [1.29, 1.82) is 0 Å². The molecular formula is C14H16F3N3O. The number of hydrogen-bond donors (Lipinski definition) is 1. The molecule has 114 valence electrons. The van der Waals surface area contributed by atoms with E-state index in [2.05, 4.69) is 15.2 Å². The fraction of sp³-hybridized carbons (Fsp3) is 0.357. The topological polar surface area (TPSA) is 39.1 Å². The molecule has 1 heterocycles. The van der Waals surface area contributed by atoms with Gasteiger partial charge in [-0.15, -0.1) is 13.2 Å². The van der Waals surface area contributed by atoms with Crippen LogP contribution in [0.25, 0.3) is 0 Å². The summed E-state index contributed by atoms with van der Waals surface area (Å²) >= 11 is 0. The number of hydrogen-bond acceptors (Lipinski definition) is 3. The zero-order valence-corrected chi connectivity index (χ0v) is 11.7. The minimum atomic E-state index is -4.68. The normalized spacial score (nSPS) is 11.5. The molecule has 0 atom stereocenters. The first kappa shape index (κ1) is 15.2. The van der Waals surface area contributed by atoms with Crippen LogP contribution in [0, 0.1) is 6.92 Å². The van der Waals surface area contributed by atoms with Gasteiger partial charge in [-0.2, -0.15) is 5.10 Å². The number of aromatic nitrogens is 2. The van der Waals surface area contributed by atoms with Crippen molar-refractivity contribution in [2.45, 2.75) is 33.3 Å². The Morgan fingerprint density at radius 3 is 2.71 bits per heavy atom. The maximum absolute atomic E-state index is 12.2. The summed E-state index contributed by atoms with van der Waals surface area (Å²) in [5, 5.41) is 7.38. The quantitative estimate of drug-likeness (QED) is 0.914.